The molecule has 4 heteroatoms. The first kappa shape index (κ1) is 14.0. The van der Waals surface area contributed by atoms with E-state index in [0.29, 0.717) is 12.5 Å². The van der Waals surface area contributed by atoms with E-state index in [4.69, 9.17) is 5.73 Å². The number of hydrogen-bond acceptors (Lipinski definition) is 2. The Hall–Kier alpha value is -1.42. The number of carbonyl (C=O) groups excluding carboxylic acids is 1. The molecular formula is C15H21FN2O. The zero-order valence-corrected chi connectivity index (χ0v) is 11.2. The standard InChI is InChI=1S/C15H21FN2O/c1-10(11-4-2-6-13(16)8-11)18-15(19)14-7-3-5-12(14)9-17/h2,4,6,8,10,12,14H,3,5,7,9,17H2,1H3,(H,18,19)/t10-,12?,14?/m1/s1. The minimum atomic E-state index is -0.278. The molecule has 1 amide bonds. The monoisotopic (exact) mass is 264 g/mol. The molecule has 0 heterocycles. The zero-order chi connectivity index (χ0) is 13.8. The molecule has 1 aromatic carbocycles. The van der Waals surface area contributed by atoms with Crippen molar-refractivity contribution in [2.75, 3.05) is 6.54 Å². The van der Waals surface area contributed by atoms with Crippen LogP contribution in [-0.2, 0) is 4.79 Å². The van der Waals surface area contributed by atoms with Gasteiger partial charge in [-0.3, -0.25) is 4.79 Å². The number of nitrogens with one attached hydrogen (secondary N) is 1. The largest absolute Gasteiger partial charge is 0.349 e. The highest BCUT2D eigenvalue weighted by Crippen LogP contribution is 2.31. The second-order valence-corrected chi connectivity index (χ2v) is 5.32. The molecule has 2 unspecified atom stereocenters. The van der Waals surface area contributed by atoms with Gasteiger partial charge in [0.1, 0.15) is 5.82 Å². The molecular weight excluding hydrogens is 243 g/mol. The summed E-state index contributed by atoms with van der Waals surface area (Å²) in [7, 11) is 0. The lowest BCUT2D eigenvalue weighted by Crippen LogP contribution is -2.36. The fourth-order valence-corrected chi connectivity index (χ4v) is 2.84. The average molecular weight is 264 g/mol. The molecule has 1 fully saturated rings. The summed E-state index contributed by atoms with van der Waals surface area (Å²) >= 11 is 0. The molecule has 1 aliphatic carbocycles. The highest BCUT2D eigenvalue weighted by Gasteiger charge is 2.32. The van der Waals surface area contributed by atoms with Crippen molar-refractivity contribution in [2.24, 2.45) is 17.6 Å². The van der Waals surface area contributed by atoms with Gasteiger partial charge in [0, 0.05) is 5.92 Å². The van der Waals surface area contributed by atoms with Gasteiger partial charge in [0.2, 0.25) is 5.91 Å². The van der Waals surface area contributed by atoms with Crippen LogP contribution in [0.25, 0.3) is 0 Å². The van der Waals surface area contributed by atoms with E-state index in [2.05, 4.69) is 5.32 Å². The van der Waals surface area contributed by atoms with Gasteiger partial charge < -0.3 is 11.1 Å². The Morgan fingerprint density at radius 3 is 3.00 bits per heavy atom. The summed E-state index contributed by atoms with van der Waals surface area (Å²) in [5.41, 5.74) is 6.48. The first-order valence-electron chi connectivity index (χ1n) is 6.87. The molecule has 0 aliphatic heterocycles. The quantitative estimate of drug-likeness (QED) is 0.877. The van der Waals surface area contributed by atoms with E-state index in [1.165, 1.54) is 12.1 Å². The van der Waals surface area contributed by atoms with Crippen LogP contribution in [0.4, 0.5) is 4.39 Å². The molecule has 0 aromatic heterocycles. The summed E-state index contributed by atoms with van der Waals surface area (Å²) in [5.74, 6) is 0.0738. The van der Waals surface area contributed by atoms with Gasteiger partial charge in [0.05, 0.1) is 6.04 Å². The maximum Gasteiger partial charge on any atom is 0.223 e. The Morgan fingerprint density at radius 2 is 2.32 bits per heavy atom. The number of nitrogens with two attached hydrogens (primary N) is 1. The number of carbonyl (C=O) groups is 1. The summed E-state index contributed by atoms with van der Waals surface area (Å²) in [6.45, 7) is 2.44. The maximum atomic E-state index is 13.2. The fourth-order valence-electron chi connectivity index (χ4n) is 2.84. The number of rotatable bonds is 4. The van der Waals surface area contributed by atoms with Gasteiger partial charge >= 0.3 is 0 Å². The van der Waals surface area contributed by atoms with E-state index < -0.39 is 0 Å². The van der Waals surface area contributed by atoms with Crippen molar-refractivity contribution in [1.29, 1.82) is 0 Å². The number of hydrogen-bond donors (Lipinski definition) is 2. The average Bonchev–Trinajstić information content (AvgIpc) is 2.87. The molecule has 0 saturated heterocycles. The van der Waals surface area contributed by atoms with Crippen LogP contribution in [0, 0.1) is 17.7 Å². The van der Waals surface area contributed by atoms with Crippen molar-refractivity contribution in [2.45, 2.75) is 32.2 Å². The van der Waals surface area contributed by atoms with E-state index in [9.17, 15) is 9.18 Å². The van der Waals surface area contributed by atoms with Crippen molar-refractivity contribution in [3.8, 4) is 0 Å². The third kappa shape index (κ3) is 3.32. The Bertz CT molecular complexity index is 450. The zero-order valence-electron chi connectivity index (χ0n) is 11.2. The van der Waals surface area contributed by atoms with E-state index in [0.717, 1.165) is 24.8 Å². The van der Waals surface area contributed by atoms with Crippen LogP contribution >= 0.6 is 0 Å². The smallest absolute Gasteiger partial charge is 0.223 e. The lowest BCUT2D eigenvalue weighted by atomic mass is 9.94. The summed E-state index contributed by atoms with van der Waals surface area (Å²) in [6, 6.07) is 6.16. The first-order valence-corrected chi connectivity index (χ1v) is 6.87. The molecule has 1 aromatic rings. The Balaban J connectivity index is 1.98. The SMILES string of the molecule is C[C@@H](NC(=O)C1CCCC1CN)c1cccc(F)c1. The maximum absolute atomic E-state index is 13.2. The molecule has 19 heavy (non-hydrogen) atoms. The third-order valence-corrected chi connectivity index (χ3v) is 4.01. The van der Waals surface area contributed by atoms with Crippen molar-refractivity contribution < 1.29 is 9.18 Å². The minimum Gasteiger partial charge on any atom is -0.349 e. The highest BCUT2D eigenvalue weighted by atomic mass is 19.1. The summed E-state index contributed by atoms with van der Waals surface area (Å²) in [4.78, 5) is 12.2. The molecule has 0 spiro atoms. The molecule has 3 N–H and O–H groups in total. The van der Waals surface area contributed by atoms with Crippen LogP contribution < -0.4 is 11.1 Å². The van der Waals surface area contributed by atoms with Crippen LogP contribution in [-0.4, -0.2) is 12.5 Å². The summed E-state index contributed by atoms with van der Waals surface area (Å²) < 4.78 is 13.2. The lowest BCUT2D eigenvalue weighted by molar-refractivity contribution is -0.126. The van der Waals surface area contributed by atoms with Crippen LogP contribution in [0.3, 0.4) is 0 Å². The second kappa shape index (κ2) is 6.15. The van der Waals surface area contributed by atoms with Gasteiger partial charge in [-0.25, -0.2) is 4.39 Å². The Kier molecular flexibility index (Phi) is 4.53. The topological polar surface area (TPSA) is 55.1 Å². The molecule has 3 nitrogen and oxygen atoms in total. The molecule has 1 saturated carbocycles. The molecule has 0 radical (unpaired) electrons. The van der Waals surface area contributed by atoms with Crippen LogP contribution in [0.5, 0.6) is 0 Å². The first-order chi connectivity index (χ1) is 9.11. The van der Waals surface area contributed by atoms with Gasteiger partial charge in [-0.2, -0.15) is 0 Å². The minimum absolute atomic E-state index is 0.0148. The van der Waals surface area contributed by atoms with E-state index in [1.54, 1.807) is 6.07 Å². The summed E-state index contributed by atoms with van der Waals surface area (Å²) in [5, 5.41) is 2.97. The number of benzene rings is 1. The van der Waals surface area contributed by atoms with Crippen LogP contribution in [0.1, 0.15) is 37.8 Å². The van der Waals surface area contributed by atoms with Crippen molar-refractivity contribution in [3.63, 3.8) is 0 Å². The van der Waals surface area contributed by atoms with Crippen molar-refractivity contribution in [1.82, 2.24) is 5.32 Å². The normalized spacial score (nSPS) is 24.2. The summed E-state index contributed by atoms with van der Waals surface area (Å²) in [6.07, 6.45) is 3.00. The number of halogens is 1. The second-order valence-electron chi connectivity index (χ2n) is 5.32. The van der Waals surface area contributed by atoms with Crippen molar-refractivity contribution >= 4 is 5.91 Å². The Labute approximate surface area is 113 Å². The highest BCUT2D eigenvalue weighted by molar-refractivity contribution is 5.79. The molecule has 3 atom stereocenters. The van der Waals surface area contributed by atoms with E-state index in [-0.39, 0.29) is 23.7 Å². The third-order valence-electron chi connectivity index (χ3n) is 4.01. The van der Waals surface area contributed by atoms with Gasteiger partial charge in [-0.05, 0) is 49.9 Å². The van der Waals surface area contributed by atoms with Gasteiger partial charge in [-0.1, -0.05) is 18.6 Å². The lowest BCUT2D eigenvalue weighted by Gasteiger charge is -2.21. The molecule has 0 bridgehead atoms. The molecule has 104 valence electrons. The Morgan fingerprint density at radius 1 is 1.53 bits per heavy atom. The van der Waals surface area contributed by atoms with Crippen LogP contribution in [0.2, 0.25) is 0 Å². The predicted octanol–water partition coefficient (Wildman–Crippen LogP) is 2.38. The van der Waals surface area contributed by atoms with Gasteiger partial charge in [0.15, 0.2) is 0 Å². The molecule has 2 rings (SSSR count). The van der Waals surface area contributed by atoms with E-state index >= 15 is 0 Å². The fraction of sp³-hybridized carbons (Fsp3) is 0.533. The molecule has 1 aliphatic rings. The van der Waals surface area contributed by atoms with Gasteiger partial charge in [-0.15, -0.1) is 0 Å². The predicted molar refractivity (Wildman–Crippen MR) is 72.8 cm³/mol. The number of amides is 1. The van der Waals surface area contributed by atoms with E-state index in [1.807, 2.05) is 13.0 Å². The van der Waals surface area contributed by atoms with Crippen molar-refractivity contribution in [3.05, 3.63) is 35.6 Å². The van der Waals surface area contributed by atoms with Gasteiger partial charge in [0.25, 0.3) is 0 Å². The van der Waals surface area contributed by atoms with Crippen LogP contribution in [0.15, 0.2) is 24.3 Å².